The molecule has 1 aliphatic rings. The van der Waals surface area contributed by atoms with Crippen molar-refractivity contribution in [2.45, 2.75) is 12.8 Å². The number of halogens is 1. The van der Waals surface area contributed by atoms with Crippen molar-refractivity contribution in [1.82, 2.24) is 0 Å². The lowest BCUT2D eigenvalue weighted by molar-refractivity contribution is -0.138. The molecule has 6 nitrogen and oxygen atoms in total. The van der Waals surface area contributed by atoms with Crippen molar-refractivity contribution >= 4 is 35.7 Å². The Labute approximate surface area is 151 Å². The number of carboxylic acids is 1. The predicted molar refractivity (Wildman–Crippen MR) is 97.4 cm³/mol. The summed E-state index contributed by atoms with van der Waals surface area (Å²) in [5.74, 6) is -0.381. The third-order valence-corrected chi connectivity index (χ3v) is 3.94. The fourth-order valence-electron chi connectivity index (χ4n) is 2.75. The number of nitrogens with one attached hydrogen (secondary N) is 1. The van der Waals surface area contributed by atoms with E-state index in [1.165, 1.54) is 0 Å². The lowest BCUT2D eigenvalue weighted by Crippen LogP contribution is -2.23. The first kappa shape index (κ1) is 18.6. The van der Waals surface area contributed by atoms with E-state index in [2.05, 4.69) is 5.32 Å². The van der Waals surface area contributed by atoms with Crippen molar-refractivity contribution < 1.29 is 19.4 Å². The Hall–Kier alpha value is -2.73. The van der Waals surface area contributed by atoms with Gasteiger partial charge in [0.25, 0.3) is 5.91 Å². The van der Waals surface area contributed by atoms with Gasteiger partial charge in [0.05, 0.1) is 13.0 Å². The Bertz CT molecular complexity index is 777. The van der Waals surface area contributed by atoms with Gasteiger partial charge in [0.1, 0.15) is 5.75 Å². The third-order valence-electron chi connectivity index (χ3n) is 3.94. The fraction of sp³-hybridized carbons (Fsp3) is 0.222. The average Bonchev–Trinajstić information content (AvgIpc) is 2.54. The van der Waals surface area contributed by atoms with Gasteiger partial charge < -0.3 is 20.9 Å². The highest BCUT2D eigenvalue weighted by Crippen LogP contribution is 2.31. The minimum absolute atomic E-state index is 0. The topological polar surface area (TPSA) is 102 Å². The summed E-state index contributed by atoms with van der Waals surface area (Å²) in [4.78, 5) is 23.1. The third kappa shape index (κ3) is 4.64. The Morgan fingerprint density at radius 2 is 1.92 bits per heavy atom. The Morgan fingerprint density at radius 1 is 1.20 bits per heavy atom. The summed E-state index contributed by atoms with van der Waals surface area (Å²) < 4.78 is 5.60. The van der Waals surface area contributed by atoms with Gasteiger partial charge in [-0.25, -0.2) is 0 Å². The van der Waals surface area contributed by atoms with E-state index < -0.39 is 5.97 Å². The van der Waals surface area contributed by atoms with Crippen LogP contribution in [0.4, 0.5) is 11.4 Å². The minimum Gasteiger partial charge on any atom is -0.493 e. The molecule has 1 atom stereocenters. The van der Waals surface area contributed by atoms with Crippen LogP contribution in [-0.2, 0) is 11.2 Å². The van der Waals surface area contributed by atoms with Crippen LogP contribution in [0.1, 0.15) is 22.3 Å². The van der Waals surface area contributed by atoms with Gasteiger partial charge in [-0.1, -0.05) is 0 Å². The number of carbonyl (C=O) groups is 2. The number of nitrogen functional groups attached to an aromatic ring is 1. The highest BCUT2D eigenvalue weighted by Gasteiger charge is 2.22. The van der Waals surface area contributed by atoms with E-state index in [1.54, 1.807) is 36.4 Å². The average molecular weight is 363 g/mol. The maximum absolute atomic E-state index is 12.2. The smallest absolute Gasteiger partial charge is 0.303 e. The van der Waals surface area contributed by atoms with Crippen molar-refractivity contribution in [3.8, 4) is 5.75 Å². The number of nitrogens with two attached hydrogens (primary N) is 1. The zero-order chi connectivity index (χ0) is 17.1. The number of fused-ring (bicyclic) bond motifs is 1. The number of ether oxygens (including phenoxy) is 1. The number of anilines is 2. The summed E-state index contributed by atoms with van der Waals surface area (Å²) in [7, 11) is 0. The zero-order valence-electron chi connectivity index (χ0n) is 13.4. The van der Waals surface area contributed by atoms with Crippen LogP contribution in [0.2, 0.25) is 0 Å². The molecule has 132 valence electrons. The van der Waals surface area contributed by atoms with E-state index in [1.807, 2.05) is 6.07 Å². The predicted octanol–water partition coefficient (Wildman–Crippen LogP) is 2.97. The van der Waals surface area contributed by atoms with E-state index >= 15 is 0 Å². The monoisotopic (exact) mass is 362 g/mol. The number of hydrogen-bond donors (Lipinski definition) is 3. The van der Waals surface area contributed by atoms with E-state index in [-0.39, 0.29) is 30.7 Å². The number of rotatable bonds is 4. The van der Waals surface area contributed by atoms with Gasteiger partial charge in [-0.3, -0.25) is 9.59 Å². The molecule has 0 aromatic heterocycles. The summed E-state index contributed by atoms with van der Waals surface area (Å²) in [6.45, 7) is 0.399. The molecule has 3 rings (SSSR count). The van der Waals surface area contributed by atoms with E-state index in [9.17, 15) is 9.59 Å². The van der Waals surface area contributed by atoms with Gasteiger partial charge in [-0.15, -0.1) is 12.4 Å². The van der Waals surface area contributed by atoms with E-state index in [0.29, 0.717) is 30.0 Å². The first-order valence-corrected chi connectivity index (χ1v) is 7.65. The molecule has 4 N–H and O–H groups in total. The summed E-state index contributed by atoms with van der Waals surface area (Å²) in [6.07, 6.45) is 0.689. The van der Waals surface area contributed by atoms with Crippen LogP contribution < -0.4 is 15.8 Å². The Morgan fingerprint density at radius 3 is 2.60 bits per heavy atom. The van der Waals surface area contributed by atoms with Crippen molar-refractivity contribution in [1.29, 1.82) is 0 Å². The Balaban J connectivity index is 0.00000225. The molecule has 1 heterocycles. The molecule has 0 saturated carbocycles. The highest BCUT2D eigenvalue weighted by molar-refractivity contribution is 6.04. The molecule has 7 heteroatoms. The van der Waals surface area contributed by atoms with Crippen LogP contribution in [0, 0.1) is 5.92 Å². The van der Waals surface area contributed by atoms with Crippen LogP contribution >= 0.6 is 12.4 Å². The maximum atomic E-state index is 12.2. The van der Waals surface area contributed by atoms with Crippen LogP contribution in [0.5, 0.6) is 5.75 Å². The van der Waals surface area contributed by atoms with Crippen molar-refractivity contribution in [2.75, 3.05) is 17.7 Å². The van der Waals surface area contributed by atoms with Crippen molar-refractivity contribution in [3.05, 3.63) is 53.6 Å². The number of benzene rings is 2. The molecule has 0 radical (unpaired) electrons. The van der Waals surface area contributed by atoms with Crippen LogP contribution in [0.15, 0.2) is 42.5 Å². The molecule has 25 heavy (non-hydrogen) atoms. The number of hydrogen-bond acceptors (Lipinski definition) is 4. The van der Waals surface area contributed by atoms with Crippen LogP contribution in [0.3, 0.4) is 0 Å². The number of carbonyl (C=O) groups excluding carboxylic acids is 1. The Kier molecular flexibility index (Phi) is 5.88. The van der Waals surface area contributed by atoms with Gasteiger partial charge in [-0.2, -0.15) is 0 Å². The lowest BCUT2D eigenvalue weighted by atomic mass is 9.94. The second kappa shape index (κ2) is 7.90. The van der Waals surface area contributed by atoms with Crippen molar-refractivity contribution in [2.24, 2.45) is 5.92 Å². The fourth-order valence-corrected chi connectivity index (χ4v) is 2.75. The number of carboxylic acid groups (broad SMARTS) is 1. The number of amides is 1. The molecule has 0 spiro atoms. The van der Waals surface area contributed by atoms with Gasteiger partial charge >= 0.3 is 5.97 Å². The van der Waals surface area contributed by atoms with E-state index in [0.717, 1.165) is 11.3 Å². The maximum Gasteiger partial charge on any atom is 0.303 e. The summed E-state index contributed by atoms with van der Waals surface area (Å²) in [6, 6.07) is 12.1. The molecule has 1 aliphatic heterocycles. The largest absolute Gasteiger partial charge is 0.493 e. The quantitative estimate of drug-likeness (QED) is 0.726. The highest BCUT2D eigenvalue weighted by atomic mass is 35.5. The molecule has 1 unspecified atom stereocenters. The van der Waals surface area contributed by atoms with Crippen LogP contribution in [-0.4, -0.2) is 23.6 Å². The lowest BCUT2D eigenvalue weighted by Gasteiger charge is -2.24. The second-order valence-electron chi connectivity index (χ2n) is 5.88. The standard InChI is InChI=1S/C18H18N2O4.ClH/c19-14-3-1-12(2-4-14)18(23)20-15-5-6-16-13(9-15)7-11(10-24-16)8-17(21)22;/h1-6,9,11H,7-8,10,19H2,(H,20,23)(H,21,22);1H. The molecule has 2 aromatic rings. The SMILES string of the molecule is Cl.Nc1ccc(C(=O)Nc2ccc3c(c2)CC(CC(=O)O)CO3)cc1. The molecule has 0 bridgehead atoms. The summed E-state index contributed by atoms with van der Waals surface area (Å²) in [5.41, 5.74) is 8.28. The molecule has 2 aromatic carbocycles. The molecule has 0 saturated heterocycles. The molecule has 0 aliphatic carbocycles. The summed E-state index contributed by atoms with van der Waals surface area (Å²) >= 11 is 0. The normalized spacial score (nSPS) is 15.3. The van der Waals surface area contributed by atoms with Crippen LogP contribution in [0.25, 0.3) is 0 Å². The van der Waals surface area contributed by atoms with Gasteiger partial charge in [0, 0.05) is 22.9 Å². The first-order chi connectivity index (χ1) is 11.5. The van der Waals surface area contributed by atoms with Gasteiger partial charge in [-0.05, 0) is 54.4 Å². The minimum atomic E-state index is -0.833. The summed E-state index contributed by atoms with van der Waals surface area (Å²) in [5, 5.41) is 11.7. The van der Waals surface area contributed by atoms with Crippen molar-refractivity contribution in [3.63, 3.8) is 0 Å². The molecule has 0 fully saturated rings. The van der Waals surface area contributed by atoms with Gasteiger partial charge in [0.2, 0.25) is 0 Å². The first-order valence-electron chi connectivity index (χ1n) is 7.65. The molecular formula is C18H19ClN2O4. The molecule has 1 amide bonds. The van der Waals surface area contributed by atoms with E-state index in [4.69, 9.17) is 15.6 Å². The zero-order valence-corrected chi connectivity index (χ0v) is 14.2. The second-order valence-corrected chi connectivity index (χ2v) is 5.88. The molecular weight excluding hydrogens is 344 g/mol. The van der Waals surface area contributed by atoms with Gasteiger partial charge in [0.15, 0.2) is 0 Å². The number of aliphatic carboxylic acids is 1.